The molecule has 0 aliphatic carbocycles. The van der Waals surface area contributed by atoms with Gasteiger partial charge in [0.2, 0.25) is 0 Å². The van der Waals surface area contributed by atoms with Gasteiger partial charge < -0.3 is 19.8 Å². The van der Waals surface area contributed by atoms with Gasteiger partial charge in [-0.05, 0) is 0 Å². The zero-order chi connectivity index (χ0) is 11.9. The number of halogens is 1. The van der Waals surface area contributed by atoms with E-state index in [1.54, 1.807) is 4.90 Å². The van der Waals surface area contributed by atoms with E-state index in [0.29, 0.717) is 5.17 Å². The Morgan fingerprint density at radius 1 is 1.56 bits per heavy atom. The number of nitrogens with zero attached hydrogens (tertiary/aromatic N) is 2. The molecule has 5 atom stereocenters. The van der Waals surface area contributed by atoms with Crippen LogP contribution in [-0.2, 0) is 4.74 Å². The highest BCUT2D eigenvalue weighted by atomic mass is 32.2. The molecule has 0 bridgehead atoms. The highest BCUT2D eigenvalue weighted by Crippen LogP contribution is 2.37. The molecule has 0 aromatic heterocycles. The lowest BCUT2D eigenvalue weighted by molar-refractivity contribution is -0.144. The zero-order valence-corrected chi connectivity index (χ0v) is 9.89. The van der Waals surface area contributed by atoms with E-state index in [1.807, 2.05) is 14.1 Å². The predicted octanol–water partition coefficient (Wildman–Crippen LogP) is -0.564. The van der Waals surface area contributed by atoms with Crippen LogP contribution in [0.1, 0.15) is 0 Å². The summed E-state index contributed by atoms with van der Waals surface area (Å²) in [5, 5.41) is 19.2. The fraction of sp³-hybridized carbons (Fsp3) is 0.889. The van der Waals surface area contributed by atoms with Gasteiger partial charge in [0.1, 0.15) is 23.7 Å². The fourth-order valence-corrected chi connectivity index (χ4v) is 2.90. The van der Waals surface area contributed by atoms with Crippen molar-refractivity contribution in [1.29, 1.82) is 0 Å². The number of hydrogen-bond acceptors (Lipinski definition) is 6. The largest absolute Gasteiger partial charge is 0.394 e. The number of amidine groups is 1. The summed E-state index contributed by atoms with van der Waals surface area (Å²) in [6, 6.07) is -0.680. The highest BCUT2D eigenvalue weighted by molar-refractivity contribution is 8.14. The van der Waals surface area contributed by atoms with Gasteiger partial charge in [-0.25, -0.2) is 4.39 Å². The Hall–Kier alpha value is -0.370. The molecule has 2 aliphatic heterocycles. The molecule has 0 unspecified atom stereocenters. The number of thioether (sulfide) groups is 1. The van der Waals surface area contributed by atoms with Gasteiger partial charge in [-0.15, -0.1) is 0 Å². The standard InChI is InChI=1S/C9H15FN2O3S/c1-12(2)9-11-6-5(10)7(14)4(3-13)15-8(6)16-9/h4-8,13-14H,3H2,1-2H3/t4-,5-,6-,7-,8-/m1/s1. The molecule has 2 rings (SSSR count). The van der Waals surface area contributed by atoms with Crippen molar-refractivity contribution in [2.45, 2.75) is 29.9 Å². The quantitative estimate of drug-likeness (QED) is 0.653. The number of alkyl halides is 1. The van der Waals surface area contributed by atoms with Crippen LogP contribution in [0.4, 0.5) is 4.39 Å². The number of aliphatic imine (C=N–C) groups is 1. The molecule has 16 heavy (non-hydrogen) atoms. The van der Waals surface area contributed by atoms with Crippen LogP contribution in [-0.4, -0.2) is 70.8 Å². The van der Waals surface area contributed by atoms with Crippen molar-refractivity contribution in [1.82, 2.24) is 4.90 Å². The first-order valence-electron chi connectivity index (χ1n) is 5.05. The minimum Gasteiger partial charge on any atom is -0.394 e. The molecule has 1 saturated heterocycles. The molecular formula is C9H15FN2O3S. The lowest BCUT2D eigenvalue weighted by Crippen LogP contribution is -2.53. The molecule has 0 amide bonds. The number of aliphatic hydroxyl groups excluding tert-OH is 2. The topological polar surface area (TPSA) is 65.3 Å². The maximum absolute atomic E-state index is 13.8. The number of rotatable bonds is 1. The summed E-state index contributed by atoms with van der Waals surface area (Å²) in [7, 11) is 3.63. The Morgan fingerprint density at radius 3 is 2.81 bits per heavy atom. The van der Waals surface area contributed by atoms with Crippen molar-refractivity contribution in [3.8, 4) is 0 Å². The first-order valence-corrected chi connectivity index (χ1v) is 5.92. The van der Waals surface area contributed by atoms with Gasteiger partial charge >= 0.3 is 0 Å². The molecule has 0 spiro atoms. The van der Waals surface area contributed by atoms with E-state index in [0.717, 1.165) is 0 Å². The summed E-state index contributed by atoms with van der Waals surface area (Å²) >= 11 is 1.32. The van der Waals surface area contributed by atoms with Crippen molar-refractivity contribution < 1.29 is 19.3 Å². The third kappa shape index (κ3) is 1.92. The van der Waals surface area contributed by atoms with Gasteiger partial charge in [0, 0.05) is 14.1 Å². The van der Waals surface area contributed by atoms with E-state index in [4.69, 9.17) is 9.84 Å². The first-order chi connectivity index (χ1) is 7.54. The van der Waals surface area contributed by atoms with Crippen molar-refractivity contribution in [2.24, 2.45) is 4.99 Å². The van der Waals surface area contributed by atoms with Crippen molar-refractivity contribution >= 4 is 16.9 Å². The Morgan fingerprint density at radius 2 is 2.25 bits per heavy atom. The summed E-state index contributed by atoms with van der Waals surface area (Å²) in [5.74, 6) is 0. The zero-order valence-electron chi connectivity index (χ0n) is 9.08. The summed E-state index contributed by atoms with van der Waals surface area (Å²) < 4.78 is 19.2. The molecule has 92 valence electrons. The molecule has 2 aliphatic rings. The van der Waals surface area contributed by atoms with Gasteiger partial charge in [0.05, 0.1) is 6.61 Å². The molecule has 0 saturated carbocycles. The number of ether oxygens (including phenoxy) is 1. The monoisotopic (exact) mass is 250 g/mol. The number of hydrogen-bond donors (Lipinski definition) is 2. The van der Waals surface area contributed by atoms with Crippen LogP contribution in [0.3, 0.4) is 0 Å². The SMILES string of the molecule is CN(C)C1=N[C@@H]2[C@@H](F)[C@H](O)[C@@H](CO)O[C@@H]2S1. The van der Waals surface area contributed by atoms with Crippen molar-refractivity contribution in [3.05, 3.63) is 0 Å². The third-order valence-electron chi connectivity index (χ3n) is 2.66. The molecule has 0 aromatic carbocycles. The fourth-order valence-electron chi connectivity index (χ4n) is 1.75. The number of aliphatic hydroxyl groups is 2. The lowest BCUT2D eigenvalue weighted by atomic mass is 10.0. The minimum atomic E-state index is -1.49. The van der Waals surface area contributed by atoms with Gasteiger partial charge in [0.25, 0.3) is 0 Å². The van der Waals surface area contributed by atoms with E-state index < -0.39 is 29.9 Å². The normalized spacial score (nSPS) is 42.8. The van der Waals surface area contributed by atoms with E-state index >= 15 is 0 Å². The van der Waals surface area contributed by atoms with E-state index in [2.05, 4.69) is 4.99 Å². The van der Waals surface area contributed by atoms with Gasteiger partial charge in [-0.3, -0.25) is 4.99 Å². The second kappa shape index (κ2) is 4.48. The van der Waals surface area contributed by atoms with Crippen LogP contribution in [0.2, 0.25) is 0 Å². The molecule has 0 aromatic rings. The van der Waals surface area contributed by atoms with Gasteiger partial charge in [-0.1, -0.05) is 11.8 Å². The van der Waals surface area contributed by atoms with Crippen molar-refractivity contribution in [2.75, 3.05) is 20.7 Å². The van der Waals surface area contributed by atoms with Crippen LogP contribution in [0, 0.1) is 0 Å². The summed E-state index contributed by atoms with van der Waals surface area (Å²) in [6.45, 7) is -0.386. The average molecular weight is 250 g/mol. The average Bonchev–Trinajstić information content (AvgIpc) is 2.67. The Bertz CT molecular complexity index is 302. The van der Waals surface area contributed by atoms with Crippen LogP contribution >= 0.6 is 11.8 Å². The number of fused-ring (bicyclic) bond motifs is 1. The van der Waals surface area contributed by atoms with Gasteiger partial charge in [-0.2, -0.15) is 0 Å². The molecule has 7 heteroatoms. The van der Waals surface area contributed by atoms with Crippen LogP contribution in [0.5, 0.6) is 0 Å². The van der Waals surface area contributed by atoms with Crippen molar-refractivity contribution in [3.63, 3.8) is 0 Å². The molecular weight excluding hydrogens is 235 g/mol. The minimum absolute atomic E-state index is 0.386. The second-order valence-corrected chi connectivity index (χ2v) is 5.14. The molecule has 5 nitrogen and oxygen atoms in total. The Labute approximate surface area is 97.3 Å². The summed E-state index contributed by atoms with van der Waals surface area (Å²) in [6.07, 6.45) is -3.65. The molecule has 2 N–H and O–H groups in total. The maximum Gasteiger partial charge on any atom is 0.161 e. The van der Waals surface area contributed by atoms with Crippen LogP contribution < -0.4 is 0 Å². The molecule has 0 radical (unpaired) electrons. The lowest BCUT2D eigenvalue weighted by Gasteiger charge is -2.36. The summed E-state index contributed by atoms with van der Waals surface area (Å²) in [5.41, 5.74) is -0.451. The van der Waals surface area contributed by atoms with Crippen LogP contribution in [0.25, 0.3) is 0 Å². The summed E-state index contributed by atoms with van der Waals surface area (Å²) in [4.78, 5) is 5.95. The molecule has 1 fully saturated rings. The third-order valence-corrected chi connectivity index (χ3v) is 3.97. The van der Waals surface area contributed by atoms with Crippen LogP contribution in [0.15, 0.2) is 4.99 Å². The Balaban J connectivity index is 2.14. The molecule has 2 heterocycles. The second-order valence-electron chi connectivity index (χ2n) is 4.08. The first kappa shape index (κ1) is 12.1. The Kier molecular flexibility index (Phi) is 3.39. The van der Waals surface area contributed by atoms with E-state index in [-0.39, 0.29) is 6.61 Å². The maximum atomic E-state index is 13.8. The van der Waals surface area contributed by atoms with Gasteiger partial charge in [0.15, 0.2) is 11.3 Å². The van der Waals surface area contributed by atoms with E-state index in [9.17, 15) is 9.50 Å². The smallest absolute Gasteiger partial charge is 0.161 e. The predicted molar refractivity (Wildman–Crippen MR) is 59.2 cm³/mol. The van der Waals surface area contributed by atoms with E-state index in [1.165, 1.54) is 11.8 Å². The highest BCUT2D eigenvalue weighted by Gasteiger charge is 2.49.